The molecule has 0 bridgehead atoms. The largest absolute Gasteiger partial charge is 0.309 e. The van der Waals surface area contributed by atoms with Crippen LogP contribution in [-0.2, 0) is 0 Å². The van der Waals surface area contributed by atoms with Crippen molar-refractivity contribution in [3.63, 3.8) is 0 Å². The highest BCUT2D eigenvalue weighted by atomic mass is 32.2. The molecule has 1 aromatic rings. The maximum Gasteiger partial charge on any atom is 0.123 e. The van der Waals surface area contributed by atoms with E-state index in [9.17, 15) is 4.39 Å². The van der Waals surface area contributed by atoms with E-state index < -0.39 is 0 Å². The van der Waals surface area contributed by atoms with E-state index in [1.807, 2.05) is 24.8 Å². The van der Waals surface area contributed by atoms with Crippen LogP contribution in [0.4, 0.5) is 4.39 Å². The molecule has 1 rings (SSSR count). The van der Waals surface area contributed by atoms with Crippen LogP contribution in [0.2, 0.25) is 0 Å². The van der Waals surface area contributed by atoms with Gasteiger partial charge in [0.25, 0.3) is 0 Å². The molecule has 0 aromatic heterocycles. The summed E-state index contributed by atoms with van der Waals surface area (Å²) in [6.07, 6.45) is 1.12. The molecule has 0 saturated heterocycles. The van der Waals surface area contributed by atoms with Gasteiger partial charge in [-0.05, 0) is 54.8 Å². The van der Waals surface area contributed by atoms with Crippen molar-refractivity contribution >= 4 is 11.8 Å². The summed E-state index contributed by atoms with van der Waals surface area (Å²) < 4.78 is 13.2. The fourth-order valence-electron chi connectivity index (χ4n) is 2.03. The van der Waals surface area contributed by atoms with Gasteiger partial charge < -0.3 is 5.32 Å². The maximum absolute atomic E-state index is 13.2. The van der Waals surface area contributed by atoms with Crippen molar-refractivity contribution < 1.29 is 4.39 Å². The molecule has 3 heteroatoms. The Morgan fingerprint density at radius 2 is 2.00 bits per heavy atom. The molecule has 1 unspecified atom stereocenters. The first kappa shape index (κ1) is 16.5. The lowest BCUT2D eigenvalue weighted by molar-refractivity contribution is 0.570. The Hall–Kier alpha value is -0.540. The fraction of sp³-hybridized carbons (Fsp3) is 0.625. The third-order valence-electron chi connectivity index (χ3n) is 2.98. The summed E-state index contributed by atoms with van der Waals surface area (Å²) in [5.41, 5.74) is 2.27. The summed E-state index contributed by atoms with van der Waals surface area (Å²) in [6.45, 7) is 9.65. The molecular weight excluding hydrogens is 257 g/mol. The van der Waals surface area contributed by atoms with Gasteiger partial charge in [-0.15, -0.1) is 0 Å². The van der Waals surface area contributed by atoms with Crippen LogP contribution in [0.25, 0.3) is 0 Å². The summed E-state index contributed by atoms with van der Waals surface area (Å²) in [6, 6.07) is 5.44. The van der Waals surface area contributed by atoms with Gasteiger partial charge in [0, 0.05) is 11.8 Å². The van der Waals surface area contributed by atoms with Crippen LogP contribution in [0.5, 0.6) is 0 Å². The van der Waals surface area contributed by atoms with E-state index in [1.165, 1.54) is 11.3 Å². The molecular formula is C16H26FNS. The Kier molecular flexibility index (Phi) is 7.47. The standard InChI is InChI=1S/C16H26FNS/c1-5-8-18-16(11-19-10-12(2)3)15-7-6-14(17)9-13(15)4/h6-7,9,12,16,18H,5,8,10-11H2,1-4H3. The van der Waals surface area contributed by atoms with Gasteiger partial charge in [-0.25, -0.2) is 4.39 Å². The number of benzene rings is 1. The Morgan fingerprint density at radius 1 is 1.26 bits per heavy atom. The minimum absolute atomic E-state index is 0.148. The van der Waals surface area contributed by atoms with Crippen LogP contribution in [-0.4, -0.2) is 18.1 Å². The zero-order valence-corrected chi connectivity index (χ0v) is 13.3. The number of thioether (sulfide) groups is 1. The summed E-state index contributed by atoms with van der Waals surface area (Å²) in [7, 11) is 0. The number of nitrogens with one attached hydrogen (secondary N) is 1. The minimum atomic E-state index is -0.148. The lowest BCUT2D eigenvalue weighted by atomic mass is 10.0. The van der Waals surface area contributed by atoms with E-state index in [4.69, 9.17) is 0 Å². The van der Waals surface area contributed by atoms with E-state index in [2.05, 4.69) is 26.1 Å². The van der Waals surface area contributed by atoms with Gasteiger partial charge in [-0.1, -0.05) is 26.8 Å². The van der Waals surface area contributed by atoms with Gasteiger partial charge in [0.15, 0.2) is 0 Å². The SMILES string of the molecule is CCCNC(CSCC(C)C)c1ccc(F)cc1C. The molecule has 0 fully saturated rings. The van der Waals surface area contributed by atoms with Crippen molar-refractivity contribution in [2.45, 2.75) is 40.2 Å². The van der Waals surface area contributed by atoms with E-state index in [1.54, 1.807) is 12.1 Å². The van der Waals surface area contributed by atoms with E-state index in [-0.39, 0.29) is 5.82 Å². The number of hydrogen-bond acceptors (Lipinski definition) is 2. The molecule has 1 N–H and O–H groups in total. The Balaban J connectivity index is 2.71. The van der Waals surface area contributed by atoms with Crippen LogP contribution in [0, 0.1) is 18.7 Å². The molecule has 1 atom stereocenters. The van der Waals surface area contributed by atoms with Crippen molar-refractivity contribution in [3.8, 4) is 0 Å². The predicted molar refractivity (Wildman–Crippen MR) is 84.3 cm³/mol. The van der Waals surface area contributed by atoms with Crippen LogP contribution < -0.4 is 5.32 Å². The highest BCUT2D eigenvalue weighted by molar-refractivity contribution is 7.99. The molecule has 0 aliphatic carbocycles. The molecule has 0 aliphatic heterocycles. The molecule has 108 valence electrons. The van der Waals surface area contributed by atoms with Crippen molar-refractivity contribution in [2.75, 3.05) is 18.1 Å². The van der Waals surface area contributed by atoms with Crippen LogP contribution >= 0.6 is 11.8 Å². The van der Waals surface area contributed by atoms with Gasteiger partial charge in [0.05, 0.1) is 0 Å². The first-order valence-electron chi connectivity index (χ1n) is 7.11. The van der Waals surface area contributed by atoms with E-state index in [0.717, 1.165) is 24.3 Å². The smallest absolute Gasteiger partial charge is 0.123 e. The average molecular weight is 283 g/mol. The van der Waals surface area contributed by atoms with Crippen molar-refractivity contribution in [2.24, 2.45) is 5.92 Å². The van der Waals surface area contributed by atoms with Crippen LogP contribution in [0.1, 0.15) is 44.4 Å². The van der Waals surface area contributed by atoms with Crippen LogP contribution in [0.3, 0.4) is 0 Å². The van der Waals surface area contributed by atoms with Gasteiger partial charge in [-0.3, -0.25) is 0 Å². The Labute approximate surface area is 121 Å². The topological polar surface area (TPSA) is 12.0 Å². The Morgan fingerprint density at radius 3 is 2.58 bits per heavy atom. The summed E-state index contributed by atoms with van der Waals surface area (Å²) in [5, 5.41) is 3.58. The Bertz CT molecular complexity index is 379. The second-order valence-electron chi connectivity index (χ2n) is 5.44. The van der Waals surface area contributed by atoms with E-state index >= 15 is 0 Å². The normalized spacial score (nSPS) is 12.9. The molecule has 0 heterocycles. The van der Waals surface area contributed by atoms with Crippen molar-refractivity contribution in [3.05, 3.63) is 35.1 Å². The number of halogens is 1. The molecule has 0 spiro atoms. The first-order valence-corrected chi connectivity index (χ1v) is 8.27. The highest BCUT2D eigenvalue weighted by Crippen LogP contribution is 2.23. The van der Waals surface area contributed by atoms with Gasteiger partial charge >= 0.3 is 0 Å². The minimum Gasteiger partial charge on any atom is -0.309 e. The fourth-order valence-corrected chi connectivity index (χ4v) is 3.17. The van der Waals surface area contributed by atoms with Crippen LogP contribution in [0.15, 0.2) is 18.2 Å². The van der Waals surface area contributed by atoms with Gasteiger partial charge in [-0.2, -0.15) is 11.8 Å². The van der Waals surface area contributed by atoms with E-state index in [0.29, 0.717) is 12.0 Å². The van der Waals surface area contributed by atoms with Gasteiger partial charge in [0.2, 0.25) is 0 Å². The first-order chi connectivity index (χ1) is 9.04. The zero-order chi connectivity index (χ0) is 14.3. The molecule has 1 aromatic carbocycles. The molecule has 0 radical (unpaired) electrons. The van der Waals surface area contributed by atoms with Gasteiger partial charge in [0.1, 0.15) is 5.82 Å². The monoisotopic (exact) mass is 283 g/mol. The predicted octanol–water partition coefficient (Wildman–Crippen LogP) is 4.56. The average Bonchev–Trinajstić information content (AvgIpc) is 2.34. The number of aryl methyl sites for hydroxylation is 1. The maximum atomic E-state index is 13.2. The summed E-state index contributed by atoms with van der Waals surface area (Å²) in [5.74, 6) is 2.78. The quantitative estimate of drug-likeness (QED) is 0.750. The molecule has 0 aliphatic rings. The molecule has 1 nitrogen and oxygen atoms in total. The van der Waals surface area contributed by atoms with Crippen molar-refractivity contribution in [1.29, 1.82) is 0 Å². The third kappa shape index (κ3) is 5.96. The lowest BCUT2D eigenvalue weighted by Gasteiger charge is -2.21. The second kappa shape index (κ2) is 8.60. The number of rotatable bonds is 8. The lowest BCUT2D eigenvalue weighted by Crippen LogP contribution is -2.25. The van der Waals surface area contributed by atoms with Crippen molar-refractivity contribution in [1.82, 2.24) is 5.32 Å². The molecule has 19 heavy (non-hydrogen) atoms. The molecule has 0 saturated carbocycles. The molecule has 0 amide bonds. The summed E-state index contributed by atoms with van der Waals surface area (Å²) in [4.78, 5) is 0. The third-order valence-corrected chi connectivity index (χ3v) is 4.46. The summed E-state index contributed by atoms with van der Waals surface area (Å²) >= 11 is 1.97. The second-order valence-corrected chi connectivity index (χ2v) is 6.51. The zero-order valence-electron chi connectivity index (χ0n) is 12.5. The number of hydrogen-bond donors (Lipinski definition) is 1. The highest BCUT2D eigenvalue weighted by Gasteiger charge is 2.13.